The molecule has 2 rings (SSSR count). The molecule has 120 valence electrons. The third kappa shape index (κ3) is 4.61. The van der Waals surface area contributed by atoms with Crippen molar-refractivity contribution < 1.29 is 9.59 Å². The number of amides is 3. The number of nitrogens with zero attached hydrogens (tertiary/aromatic N) is 2. The Balaban J connectivity index is 1.84. The lowest BCUT2D eigenvalue weighted by Gasteiger charge is -2.18. The van der Waals surface area contributed by atoms with Gasteiger partial charge >= 0.3 is 6.03 Å². The number of hydrogen-bond donors (Lipinski definition) is 2. The molecule has 1 aromatic rings. The smallest absolute Gasteiger partial charge is 0.315 e. The maximum Gasteiger partial charge on any atom is 0.315 e. The zero-order valence-electron chi connectivity index (χ0n) is 12.8. The van der Waals surface area contributed by atoms with Gasteiger partial charge in [-0.05, 0) is 38.4 Å². The van der Waals surface area contributed by atoms with Crippen molar-refractivity contribution >= 4 is 29.2 Å². The van der Waals surface area contributed by atoms with Crippen molar-refractivity contribution in [1.82, 2.24) is 15.5 Å². The average molecular weight is 325 g/mol. The van der Waals surface area contributed by atoms with Crippen LogP contribution in [0.15, 0.2) is 24.3 Å². The predicted molar refractivity (Wildman–Crippen MR) is 87.3 cm³/mol. The molecule has 0 saturated carbocycles. The average Bonchev–Trinajstić information content (AvgIpc) is 2.80. The molecule has 0 unspecified atom stereocenters. The third-order valence-electron chi connectivity index (χ3n) is 3.44. The standard InChI is InChI=1S/C15H21ClN4O2/c1-19(2)8-7-17-15(22)18-12-9-14(21)20(10-12)13-5-3-11(16)4-6-13/h3-6,12H,7-10H2,1-2H3,(H2,17,18,22)/t12-/m0/s1. The summed E-state index contributed by atoms with van der Waals surface area (Å²) in [6.45, 7) is 1.82. The number of carbonyl (C=O) groups is 2. The quantitative estimate of drug-likeness (QED) is 0.858. The Hall–Kier alpha value is -1.79. The highest BCUT2D eigenvalue weighted by atomic mass is 35.5. The molecule has 1 heterocycles. The first-order valence-corrected chi connectivity index (χ1v) is 7.58. The first-order valence-electron chi connectivity index (χ1n) is 7.20. The summed E-state index contributed by atoms with van der Waals surface area (Å²) in [5.74, 6) is 0.000846. The molecular formula is C15H21ClN4O2. The van der Waals surface area contributed by atoms with Crippen LogP contribution in [0.3, 0.4) is 0 Å². The van der Waals surface area contributed by atoms with Crippen molar-refractivity contribution in [2.45, 2.75) is 12.5 Å². The lowest BCUT2D eigenvalue weighted by atomic mass is 10.2. The number of halogens is 1. The Morgan fingerprint density at radius 2 is 2.05 bits per heavy atom. The number of likely N-dealkylation sites (N-methyl/N-ethyl adjacent to an activating group) is 1. The van der Waals surface area contributed by atoms with Crippen LogP contribution < -0.4 is 15.5 Å². The Morgan fingerprint density at radius 3 is 2.68 bits per heavy atom. The normalized spacial score (nSPS) is 17.9. The van der Waals surface area contributed by atoms with Crippen LogP contribution in [0.25, 0.3) is 0 Å². The zero-order chi connectivity index (χ0) is 16.1. The molecular weight excluding hydrogens is 304 g/mol. The highest BCUT2D eigenvalue weighted by Crippen LogP contribution is 2.23. The minimum absolute atomic E-state index is 0.000846. The molecule has 7 heteroatoms. The fourth-order valence-corrected chi connectivity index (χ4v) is 2.43. The van der Waals surface area contributed by atoms with Gasteiger partial charge in [0, 0.05) is 36.8 Å². The van der Waals surface area contributed by atoms with Crippen molar-refractivity contribution in [3.8, 4) is 0 Å². The molecule has 1 fully saturated rings. The number of carbonyl (C=O) groups excluding carboxylic acids is 2. The van der Waals surface area contributed by atoms with Crippen LogP contribution in [0, 0.1) is 0 Å². The minimum atomic E-state index is -0.238. The SMILES string of the molecule is CN(C)CCNC(=O)N[C@H]1CC(=O)N(c2ccc(Cl)cc2)C1. The molecule has 1 aromatic carbocycles. The van der Waals surface area contributed by atoms with Gasteiger partial charge in [-0.15, -0.1) is 0 Å². The van der Waals surface area contributed by atoms with Gasteiger partial charge in [0.2, 0.25) is 5.91 Å². The molecule has 22 heavy (non-hydrogen) atoms. The van der Waals surface area contributed by atoms with Crippen molar-refractivity contribution in [3.05, 3.63) is 29.3 Å². The van der Waals surface area contributed by atoms with Crippen LogP contribution in [0.2, 0.25) is 5.02 Å². The summed E-state index contributed by atoms with van der Waals surface area (Å²) in [5, 5.41) is 6.25. The van der Waals surface area contributed by atoms with E-state index in [1.165, 1.54) is 0 Å². The molecule has 0 spiro atoms. The second-order valence-electron chi connectivity index (χ2n) is 5.59. The zero-order valence-corrected chi connectivity index (χ0v) is 13.6. The summed E-state index contributed by atoms with van der Waals surface area (Å²) in [6.07, 6.45) is 0.309. The maximum atomic E-state index is 12.1. The summed E-state index contributed by atoms with van der Waals surface area (Å²) in [6, 6.07) is 6.69. The van der Waals surface area contributed by atoms with Crippen molar-refractivity contribution in [1.29, 1.82) is 0 Å². The van der Waals surface area contributed by atoms with E-state index in [-0.39, 0.29) is 18.0 Å². The van der Waals surface area contributed by atoms with Gasteiger partial charge in [-0.25, -0.2) is 4.79 Å². The van der Waals surface area contributed by atoms with E-state index in [0.29, 0.717) is 24.5 Å². The molecule has 0 aliphatic carbocycles. The summed E-state index contributed by atoms with van der Waals surface area (Å²) < 4.78 is 0. The summed E-state index contributed by atoms with van der Waals surface area (Å²) in [7, 11) is 3.89. The maximum absolute atomic E-state index is 12.1. The second kappa shape index (κ2) is 7.47. The number of benzene rings is 1. The summed E-state index contributed by atoms with van der Waals surface area (Å²) >= 11 is 5.85. The third-order valence-corrected chi connectivity index (χ3v) is 3.70. The van der Waals surface area contributed by atoms with E-state index < -0.39 is 0 Å². The molecule has 1 aliphatic heterocycles. The van der Waals surface area contributed by atoms with Gasteiger partial charge in [0.1, 0.15) is 0 Å². The second-order valence-corrected chi connectivity index (χ2v) is 6.02. The van der Waals surface area contributed by atoms with Gasteiger partial charge in [0.05, 0.1) is 6.04 Å². The topological polar surface area (TPSA) is 64.7 Å². The Morgan fingerprint density at radius 1 is 1.36 bits per heavy atom. The molecule has 0 bridgehead atoms. The van der Waals surface area contributed by atoms with E-state index in [1.54, 1.807) is 29.2 Å². The largest absolute Gasteiger partial charge is 0.337 e. The Labute approximate surface area is 135 Å². The molecule has 2 N–H and O–H groups in total. The Kier molecular flexibility index (Phi) is 5.63. The van der Waals surface area contributed by atoms with Gasteiger partial charge < -0.3 is 20.4 Å². The minimum Gasteiger partial charge on any atom is -0.337 e. The van der Waals surface area contributed by atoms with E-state index in [9.17, 15) is 9.59 Å². The van der Waals surface area contributed by atoms with Crippen molar-refractivity contribution in [2.75, 3.05) is 38.6 Å². The van der Waals surface area contributed by atoms with E-state index in [4.69, 9.17) is 11.6 Å². The molecule has 1 saturated heterocycles. The first-order chi connectivity index (χ1) is 10.5. The highest BCUT2D eigenvalue weighted by molar-refractivity contribution is 6.30. The molecule has 0 aromatic heterocycles. The van der Waals surface area contributed by atoms with Crippen LogP contribution in [-0.4, -0.2) is 56.6 Å². The number of anilines is 1. The van der Waals surface area contributed by atoms with Crippen molar-refractivity contribution in [3.63, 3.8) is 0 Å². The molecule has 1 aliphatic rings. The van der Waals surface area contributed by atoms with Crippen LogP contribution in [0.5, 0.6) is 0 Å². The monoisotopic (exact) mass is 324 g/mol. The lowest BCUT2D eigenvalue weighted by molar-refractivity contribution is -0.117. The highest BCUT2D eigenvalue weighted by Gasteiger charge is 2.31. The summed E-state index contributed by atoms with van der Waals surface area (Å²) in [4.78, 5) is 27.5. The van der Waals surface area contributed by atoms with Crippen LogP contribution in [0.4, 0.5) is 10.5 Å². The van der Waals surface area contributed by atoms with Crippen LogP contribution >= 0.6 is 11.6 Å². The van der Waals surface area contributed by atoms with Crippen LogP contribution in [-0.2, 0) is 4.79 Å². The fraction of sp³-hybridized carbons (Fsp3) is 0.467. The number of hydrogen-bond acceptors (Lipinski definition) is 3. The molecule has 3 amide bonds. The van der Waals surface area contributed by atoms with Gasteiger partial charge in [-0.1, -0.05) is 11.6 Å². The van der Waals surface area contributed by atoms with Gasteiger partial charge in [0.15, 0.2) is 0 Å². The van der Waals surface area contributed by atoms with Crippen LogP contribution in [0.1, 0.15) is 6.42 Å². The van der Waals surface area contributed by atoms with Gasteiger partial charge in [0.25, 0.3) is 0 Å². The van der Waals surface area contributed by atoms with E-state index in [1.807, 2.05) is 19.0 Å². The number of rotatable bonds is 5. The fourth-order valence-electron chi connectivity index (χ4n) is 2.30. The summed E-state index contributed by atoms with van der Waals surface area (Å²) in [5.41, 5.74) is 0.798. The van der Waals surface area contributed by atoms with E-state index in [0.717, 1.165) is 12.2 Å². The lowest BCUT2D eigenvalue weighted by Crippen LogP contribution is -2.45. The predicted octanol–water partition coefficient (Wildman–Crippen LogP) is 1.31. The first kappa shape index (κ1) is 16.6. The van der Waals surface area contributed by atoms with E-state index in [2.05, 4.69) is 10.6 Å². The molecule has 0 radical (unpaired) electrons. The molecule has 6 nitrogen and oxygen atoms in total. The number of urea groups is 1. The van der Waals surface area contributed by atoms with Gasteiger partial charge in [-0.3, -0.25) is 4.79 Å². The van der Waals surface area contributed by atoms with Crippen molar-refractivity contribution in [2.24, 2.45) is 0 Å². The number of nitrogens with one attached hydrogen (secondary N) is 2. The van der Waals surface area contributed by atoms with Gasteiger partial charge in [-0.2, -0.15) is 0 Å². The molecule has 1 atom stereocenters. The Bertz CT molecular complexity index is 533. The van der Waals surface area contributed by atoms with E-state index >= 15 is 0 Å².